The Morgan fingerprint density at radius 2 is 2.33 bits per heavy atom. The number of pyridine rings is 1. The molecular weight excluding hydrogens is 354 g/mol. The van der Waals surface area contributed by atoms with Crippen LogP contribution in [0.1, 0.15) is 12.8 Å². The molecule has 1 aliphatic heterocycles. The molecule has 1 aromatic heterocycles. The Morgan fingerprint density at radius 1 is 1.52 bits per heavy atom. The van der Waals surface area contributed by atoms with E-state index < -0.39 is 0 Å². The first-order chi connectivity index (χ1) is 10.1. The van der Waals surface area contributed by atoms with Gasteiger partial charge in [-0.15, -0.1) is 0 Å². The first-order valence-corrected chi connectivity index (χ1v) is 8.98. The number of rotatable bonds is 4. The van der Waals surface area contributed by atoms with Crippen LogP contribution in [0, 0.1) is 5.92 Å². The lowest BCUT2D eigenvalue weighted by Gasteiger charge is -2.31. The summed E-state index contributed by atoms with van der Waals surface area (Å²) < 4.78 is 0.868. The zero-order valence-electron chi connectivity index (χ0n) is 11.8. The van der Waals surface area contributed by atoms with Crippen molar-refractivity contribution in [2.75, 3.05) is 30.4 Å². The minimum Gasteiger partial charge on any atom is -0.341 e. The Balaban J connectivity index is 1.92. The van der Waals surface area contributed by atoms with Gasteiger partial charge in [-0.2, -0.15) is 11.8 Å². The lowest BCUT2D eigenvalue weighted by Crippen LogP contribution is -2.44. The monoisotopic (exact) mass is 371 g/mol. The second-order valence-corrected chi connectivity index (χ2v) is 6.74. The Kier molecular flexibility index (Phi) is 6.05. The predicted molar refractivity (Wildman–Crippen MR) is 88.3 cm³/mol. The first kappa shape index (κ1) is 16.3. The average Bonchev–Trinajstić information content (AvgIpc) is 2.50. The van der Waals surface area contributed by atoms with E-state index in [1.807, 2.05) is 12.3 Å². The summed E-state index contributed by atoms with van der Waals surface area (Å²) in [5.74, 6) is 0.904. The third-order valence-corrected chi connectivity index (χ3v) is 4.40. The summed E-state index contributed by atoms with van der Waals surface area (Å²) in [4.78, 5) is 30.1. The molecule has 0 bridgehead atoms. The van der Waals surface area contributed by atoms with Crippen molar-refractivity contribution in [3.8, 4) is 0 Å². The molecule has 7 heteroatoms. The van der Waals surface area contributed by atoms with Gasteiger partial charge >= 0.3 is 0 Å². The van der Waals surface area contributed by atoms with Gasteiger partial charge in [-0.25, -0.2) is 4.98 Å². The van der Waals surface area contributed by atoms with Crippen molar-refractivity contribution in [3.05, 3.63) is 22.8 Å². The van der Waals surface area contributed by atoms with E-state index in [1.165, 1.54) is 11.8 Å². The van der Waals surface area contributed by atoms with Gasteiger partial charge in [0.2, 0.25) is 11.8 Å². The van der Waals surface area contributed by atoms with E-state index in [9.17, 15) is 9.59 Å². The Morgan fingerprint density at radius 3 is 3.00 bits per heavy atom. The molecule has 0 unspecified atom stereocenters. The summed E-state index contributed by atoms with van der Waals surface area (Å²) in [6.07, 6.45) is 5.23. The Labute approximate surface area is 137 Å². The van der Waals surface area contributed by atoms with Crippen LogP contribution in [0.3, 0.4) is 0 Å². The number of thioether (sulfide) groups is 1. The molecule has 1 N–H and O–H groups in total. The zero-order valence-corrected chi connectivity index (χ0v) is 14.2. The van der Waals surface area contributed by atoms with E-state index in [-0.39, 0.29) is 17.7 Å². The highest BCUT2D eigenvalue weighted by atomic mass is 79.9. The van der Waals surface area contributed by atoms with Crippen LogP contribution in [0.4, 0.5) is 5.82 Å². The molecule has 2 rings (SSSR count). The molecule has 1 atom stereocenters. The number of carbonyl (C=O) groups is 2. The van der Waals surface area contributed by atoms with Crippen molar-refractivity contribution in [2.24, 2.45) is 5.92 Å². The molecule has 1 fully saturated rings. The fourth-order valence-corrected chi connectivity index (χ4v) is 2.97. The molecule has 0 aliphatic carbocycles. The summed E-state index contributed by atoms with van der Waals surface area (Å²) in [5.41, 5.74) is 0. The molecular formula is C14H18BrN3O2S. The summed E-state index contributed by atoms with van der Waals surface area (Å²) in [7, 11) is 0. The van der Waals surface area contributed by atoms with Crippen LogP contribution in [0.25, 0.3) is 0 Å². The molecule has 1 aliphatic rings. The number of nitrogens with one attached hydrogen (secondary N) is 1. The third-order valence-electron chi connectivity index (χ3n) is 3.39. The number of amides is 2. The number of halogens is 1. The van der Waals surface area contributed by atoms with Gasteiger partial charge in [0.15, 0.2) is 0 Å². The molecule has 114 valence electrons. The normalized spacial score (nSPS) is 18.4. The lowest BCUT2D eigenvalue weighted by molar-refractivity contribution is -0.132. The summed E-state index contributed by atoms with van der Waals surface area (Å²) in [6, 6.07) is 3.58. The Bertz CT molecular complexity index is 509. The summed E-state index contributed by atoms with van der Waals surface area (Å²) >= 11 is 4.82. The van der Waals surface area contributed by atoms with Crippen LogP contribution in [0.2, 0.25) is 0 Å². The van der Waals surface area contributed by atoms with Gasteiger partial charge < -0.3 is 10.2 Å². The van der Waals surface area contributed by atoms with Crippen molar-refractivity contribution < 1.29 is 9.59 Å². The molecule has 2 amide bonds. The average molecular weight is 372 g/mol. The minimum absolute atomic E-state index is 0.0635. The van der Waals surface area contributed by atoms with Crippen LogP contribution in [0.15, 0.2) is 22.8 Å². The highest BCUT2D eigenvalue weighted by Gasteiger charge is 2.28. The van der Waals surface area contributed by atoms with E-state index in [4.69, 9.17) is 0 Å². The van der Waals surface area contributed by atoms with Crippen LogP contribution < -0.4 is 5.32 Å². The molecule has 0 aromatic carbocycles. The van der Waals surface area contributed by atoms with E-state index in [1.54, 1.807) is 17.2 Å². The number of likely N-dealkylation sites (tertiary alicyclic amines) is 1. The van der Waals surface area contributed by atoms with Crippen LogP contribution >= 0.6 is 27.7 Å². The predicted octanol–water partition coefficient (Wildman–Crippen LogP) is 2.38. The SMILES string of the molecule is CSCC(=O)N1CCC[C@@H](C(=O)Nc2ccc(Br)cn2)C1. The van der Waals surface area contributed by atoms with Gasteiger partial charge in [0.1, 0.15) is 5.82 Å². The van der Waals surface area contributed by atoms with E-state index in [2.05, 4.69) is 26.2 Å². The topological polar surface area (TPSA) is 62.3 Å². The maximum absolute atomic E-state index is 12.3. The van der Waals surface area contributed by atoms with Crippen molar-refractivity contribution >= 4 is 45.3 Å². The number of hydrogen-bond acceptors (Lipinski definition) is 4. The highest BCUT2D eigenvalue weighted by Crippen LogP contribution is 2.19. The molecule has 1 saturated heterocycles. The third kappa shape index (κ3) is 4.71. The Hall–Kier alpha value is -1.08. The number of carbonyl (C=O) groups excluding carboxylic acids is 2. The van der Waals surface area contributed by atoms with Crippen molar-refractivity contribution in [2.45, 2.75) is 12.8 Å². The van der Waals surface area contributed by atoms with E-state index >= 15 is 0 Å². The molecule has 1 aromatic rings. The highest BCUT2D eigenvalue weighted by molar-refractivity contribution is 9.10. The lowest BCUT2D eigenvalue weighted by atomic mass is 9.97. The maximum atomic E-state index is 12.3. The smallest absolute Gasteiger partial charge is 0.232 e. The van der Waals surface area contributed by atoms with Gasteiger partial charge in [0.25, 0.3) is 0 Å². The van der Waals surface area contributed by atoms with Gasteiger partial charge in [-0.1, -0.05) is 0 Å². The van der Waals surface area contributed by atoms with Crippen molar-refractivity contribution in [1.82, 2.24) is 9.88 Å². The number of aromatic nitrogens is 1. The number of anilines is 1. The van der Waals surface area contributed by atoms with Crippen LogP contribution in [0.5, 0.6) is 0 Å². The van der Waals surface area contributed by atoms with Gasteiger partial charge in [-0.05, 0) is 47.2 Å². The van der Waals surface area contributed by atoms with Gasteiger partial charge in [0.05, 0.1) is 11.7 Å². The fourth-order valence-electron chi connectivity index (χ4n) is 2.31. The van der Waals surface area contributed by atoms with Gasteiger partial charge in [0, 0.05) is 23.8 Å². The minimum atomic E-state index is -0.157. The molecule has 0 spiro atoms. The molecule has 0 saturated carbocycles. The number of piperidine rings is 1. The quantitative estimate of drug-likeness (QED) is 0.882. The van der Waals surface area contributed by atoms with Crippen molar-refractivity contribution in [3.63, 3.8) is 0 Å². The molecule has 2 heterocycles. The molecule has 21 heavy (non-hydrogen) atoms. The van der Waals surface area contributed by atoms with E-state index in [0.717, 1.165) is 23.9 Å². The number of hydrogen-bond donors (Lipinski definition) is 1. The second-order valence-electron chi connectivity index (χ2n) is 4.96. The van der Waals surface area contributed by atoms with Crippen molar-refractivity contribution in [1.29, 1.82) is 0 Å². The van der Waals surface area contributed by atoms with Crippen LogP contribution in [-0.2, 0) is 9.59 Å². The summed E-state index contributed by atoms with van der Waals surface area (Å²) in [5, 5.41) is 2.82. The fraction of sp³-hybridized carbons (Fsp3) is 0.500. The first-order valence-electron chi connectivity index (χ1n) is 6.79. The number of nitrogens with zero attached hydrogens (tertiary/aromatic N) is 2. The molecule has 5 nitrogen and oxygen atoms in total. The van der Waals surface area contributed by atoms with E-state index in [0.29, 0.717) is 18.1 Å². The second kappa shape index (κ2) is 7.79. The maximum Gasteiger partial charge on any atom is 0.232 e. The molecule has 0 radical (unpaired) electrons. The standard InChI is InChI=1S/C14H18BrN3O2S/c1-21-9-13(19)18-6-2-3-10(8-18)14(20)17-12-5-4-11(15)7-16-12/h4-5,7,10H,2-3,6,8-9H2,1H3,(H,16,17,20)/t10-/m1/s1. The zero-order chi connectivity index (χ0) is 15.2. The van der Waals surface area contributed by atoms with Gasteiger partial charge in [-0.3, -0.25) is 9.59 Å². The van der Waals surface area contributed by atoms with Crippen LogP contribution in [-0.4, -0.2) is 46.8 Å². The summed E-state index contributed by atoms with van der Waals surface area (Å²) in [6.45, 7) is 1.25. The largest absolute Gasteiger partial charge is 0.341 e.